The minimum absolute atomic E-state index is 0.102. The lowest BCUT2D eigenvalue weighted by molar-refractivity contribution is 0.0635. The van der Waals surface area contributed by atoms with Gasteiger partial charge in [0.15, 0.2) is 11.4 Å². The van der Waals surface area contributed by atoms with Crippen molar-refractivity contribution in [2.75, 3.05) is 6.54 Å². The molecule has 0 radical (unpaired) electrons. The summed E-state index contributed by atoms with van der Waals surface area (Å²) in [4.78, 5) is 19.6. The van der Waals surface area contributed by atoms with Gasteiger partial charge in [0, 0.05) is 23.9 Å². The molecule has 2 aromatic carbocycles. The van der Waals surface area contributed by atoms with Crippen LogP contribution in [0.3, 0.4) is 0 Å². The van der Waals surface area contributed by atoms with Gasteiger partial charge in [-0.05, 0) is 63.1 Å². The van der Waals surface area contributed by atoms with Crippen LogP contribution in [-0.4, -0.2) is 26.7 Å². The number of imidazole rings is 1. The van der Waals surface area contributed by atoms with E-state index in [2.05, 4.69) is 36.4 Å². The summed E-state index contributed by atoms with van der Waals surface area (Å²) in [6, 6.07) is 20.2. The Balaban J connectivity index is 1.56. The number of carbonyl (C=O) groups excluding carboxylic acids is 1. The van der Waals surface area contributed by atoms with Crippen LogP contribution in [-0.2, 0) is 12.1 Å². The highest BCUT2D eigenvalue weighted by Crippen LogP contribution is 2.41. The number of benzene rings is 2. The van der Waals surface area contributed by atoms with Gasteiger partial charge in [0.25, 0.3) is 5.91 Å². The van der Waals surface area contributed by atoms with Crippen molar-refractivity contribution < 1.29 is 9.53 Å². The largest absolute Gasteiger partial charge is 0.485 e. The van der Waals surface area contributed by atoms with Crippen molar-refractivity contribution in [3.63, 3.8) is 0 Å². The molecule has 0 spiro atoms. The van der Waals surface area contributed by atoms with E-state index in [9.17, 15) is 4.79 Å². The smallest absolute Gasteiger partial charge is 0.254 e. The molecule has 0 atom stereocenters. The third-order valence-electron chi connectivity index (χ3n) is 6.44. The lowest BCUT2D eigenvalue weighted by atomic mass is 9.91. The van der Waals surface area contributed by atoms with Crippen molar-refractivity contribution in [2.24, 2.45) is 0 Å². The normalized spacial score (nSPS) is 14.8. The maximum Gasteiger partial charge on any atom is 0.254 e. The van der Waals surface area contributed by atoms with Crippen LogP contribution in [0.5, 0.6) is 5.75 Å². The third-order valence-corrected chi connectivity index (χ3v) is 6.44. The first kappa shape index (κ1) is 20.3. The number of fused-ring (bicyclic) bond motifs is 2. The second-order valence-electron chi connectivity index (χ2n) is 8.75. The summed E-state index contributed by atoms with van der Waals surface area (Å²) in [6.07, 6.45) is 2.02. The molecule has 0 saturated carbocycles. The molecule has 1 aliphatic heterocycles. The molecule has 0 aliphatic carbocycles. The highest BCUT2D eigenvalue weighted by molar-refractivity contribution is 6.00. The Bertz CT molecular complexity index is 1320. The lowest BCUT2D eigenvalue weighted by Crippen LogP contribution is -2.38. The van der Waals surface area contributed by atoms with Crippen LogP contribution >= 0.6 is 0 Å². The minimum Gasteiger partial charge on any atom is -0.485 e. The van der Waals surface area contributed by atoms with Gasteiger partial charge in [0.2, 0.25) is 0 Å². The van der Waals surface area contributed by atoms with Crippen molar-refractivity contribution in [2.45, 2.75) is 39.8 Å². The lowest BCUT2D eigenvalue weighted by Gasteiger charge is -2.31. The molecule has 5 rings (SSSR count). The Morgan fingerprint density at radius 1 is 1.03 bits per heavy atom. The number of nitrogens with zero attached hydrogens (tertiary/aromatic N) is 3. The number of aromatic nitrogens is 2. The first-order valence-electron chi connectivity index (χ1n) is 11.0. The Kier molecular flexibility index (Phi) is 4.77. The summed E-state index contributed by atoms with van der Waals surface area (Å²) in [7, 11) is 0. The summed E-state index contributed by atoms with van der Waals surface area (Å²) >= 11 is 0. The molecule has 32 heavy (non-hydrogen) atoms. The molecule has 0 N–H and O–H groups in total. The predicted octanol–water partition coefficient (Wildman–Crippen LogP) is 5.60. The molecular formula is C27H27N3O2. The monoisotopic (exact) mass is 425 g/mol. The summed E-state index contributed by atoms with van der Waals surface area (Å²) in [5, 5.41) is 0. The van der Waals surface area contributed by atoms with Crippen molar-refractivity contribution in [1.29, 1.82) is 0 Å². The fourth-order valence-electron chi connectivity index (χ4n) is 4.82. The third kappa shape index (κ3) is 3.08. The topological polar surface area (TPSA) is 46.8 Å². The van der Waals surface area contributed by atoms with E-state index in [1.807, 2.05) is 67.4 Å². The second-order valence-corrected chi connectivity index (χ2v) is 8.75. The van der Waals surface area contributed by atoms with Gasteiger partial charge in [0.1, 0.15) is 6.61 Å². The molecule has 3 heterocycles. The average molecular weight is 426 g/mol. The van der Waals surface area contributed by atoms with Gasteiger partial charge in [0.05, 0.1) is 16.9 Å². The van der Waals surface area contributed by atoms with E-state index in [4.69, 9.17) is 9.72 Å². The fraction of sp³-hybridized carbons (Fsp3) is 0.259. The first-order valence-corrected chi connectivity index (χ1v) is 11.0. The van der Waals surface area contributed by atoms with Gasteiger partial charge in [-0.2, -0.15) is 0 Å². The highest BCUT2D eigenvalue weighted by atomic mass is 16.5. The zero-order valence-corrected chi connectivity index (χ0v) is 18.9. The molecule has 0 bridgehead atoms. The van der Waals surface area contributed by atoms with E-state index >= 15 is 0 Å². The standard InChI is InChI=1S/C27H27N3O2/c1-5-30-26(31)21-14-13-20(16-22(21)27(30,3)4)24-18(2)28-25-23(12-9-15-29(24)25)32-17-19-10-7-6-8-11-19/h6-16H,5,17H2,1-4H3. The SMILES string of the molecule is CCN1C(=O)c2ccc(-c3c(C)nc4c(OCc5ccccc5)cccn34)cc2C1(C)C. The van der Waals surface area contributed by atoms with E-state index in [0.29, 0.717) is 13.2 Å². The van der Waals surface area contributed by atoms with Crippen LogP contribution < -0.4 is 4.74 Å². The first-order chi connectivity index (χ1) is 15.4. The van der Waals surface area contributed by atoms with E-state index in [1.165, 1.54) is 0 Å². The number of hydrogen-bond acceptors (Lipinski definition) is 3. The maximum absolute atomic E-state index is 12.8. The van der Waals surface area contributed by atoms with Crippen molar-refractivity contribution >= 4 is 11.6 Å². The van der Waals surface area contributed by atoms with Gasteiger partial charge in [-0.25, -0.2) is 4.98 Å². The van der Waals surface area contributed by atoms with Crippen molar-refractivity contribution in [3.8, 4) is 17.0 Å². The molecule has 5 heteroatoms. The summed E-state index contributed by atoms with van der Waals surface area (Å²) < 4.78 is 8.21. The number of aryl methyl sites for hydroxylation is 1. The van der Waals surface area contributed by atoms with Crippen molar-refractivity contribution in [1.82, 2.24) is 14.3 Å². The molecule has 0 saturated heterocycles. The molecule has 5 nitrogen and oxygen atoms in total. The van der Waals surface area contributed by atoms with Crippen LogP contribution in [0.4, 0.5) is 0 Å². The quantitative estimate of drug-likeness (QED) is 0.418. The number of ether oxygens (including phenoxy) is 1. The number of carbonyl (C=O) groups is 1. The van der Waals surface area contributed by atoms with Gasteiger partial charge >= 0.3 is 0 Å². The summed E-state index contributed by atoms with van der Waals surface area (Å²) in [5.74, 6) is 0.852. The predicted molar refractivity (Wildman–Crippen MR) is 126 cm³/mol. The average Bonchev–Trinajstić information content (AvgIpc) is 3.23. The maximum atomic E-state index is 12.8. The Hall–Kier alpha value is -3.60. The molecule has 1 amide bonds. The minimum atomic E-state index is -0.338. The second kappa shape index (κ2) is 7.52. The van der Waals surface area contributed by atoms with Crippen LogP contribution in [0.25, 0.3) is 16.9 Å². The molecule has 0 fully saturated rings. The number of rotatable bonds is 5. The number of hydrogen-bond donors (Lipinski definition) is 0. The molecule has 4 aromatic rings. The zero-order valence-electron chi connectivity index (χ0n) is 18.9. The van der Waals surface area contributed by atoms with E-state index in [0.717, 1.165) is 45.0 Å². The zero-order chi connectivity index (χ0) is 22.5. The molecule has 1 aliphatic rings. The summed E-state index contributed by atoms with van der Waals surface area (Å²) in [6.45, 7) is 9.45. The molecule has 2 aromatic heterocycles. The van der Waals surface area contributed by atoms with Crippen LogP contribution in [0.15, 0.2) is 66.9 Å². The van der Waals surface area contributed by atoms with Gasteiger partial charge < -0.3 is 9.64 Å². The fourth-order valence-corrected chi connectivity index (χ4v) is 4.82. The van der Waals surface area contributed by atoms with E-state index in [-0.39, 0.29) is 11.4 Å². The number of pyridine rings is 1. The van der Waals surface area contributed by atoms with Crippen LogP contribution in [0, 0.1) is 6.92 Å². The van der Waals surface area contributed by atoms with E-state index < -0.39 is 0 Å². The van der Waals surface area contributed by atoms with Gasteiger partial charge in [-0.1, -0.05) is 36.4 Å². The molecule has 0 unspecified atom stereocenters. The Morgan fingerprint density at radius 2 is 1.81 bits per heavy atom. The van der Waals surface area contributed by atoms with Gasteiger partial charge in [-0.3, -0.25) is 9.20 Å². The van der Waals surface area contributed by atoms with Crippen LogP contribution in [0.2, 0.25) is 0 Å². The van der Waals surface area contributed by atoms with E-state index in [1.54, 1.807) is 0 Å². The number of amides is 1. The highest BCUT2D eigenvalue weighted by Gasteiger charge is 2.42. The Labute approximate surface area is 188 Å². The summed E-state index contributed by atoms with van der Waals surface area (Å²) in [5.41, 5.74) is 6.42. The molecule has 162 valence electrons. The Morgan fingerprint density at radius 3 is 2.56 bits per heavy atom. The molecular weight excluding hydrogens is 398 g/mol. The van der Waals surface area contributed by atoms with Crippen LogP contribution in [0.1, 0.15) is 48.0 Å². The van der Waals surface area contributed by atoms with Crippen molar-refractivity contribution in [3.05, 3.63) is 89.2 Å². The van der Waals surface area contributed by atoms with Gasteiger partial charge in [-0.15, -0.1) is 0 Å².